The molecule has 0 bridgehead atoms. The van der Waals surface area contributed by atoms with Gasteiger partial charge in [0.1, 0.15) is 16.8 Å². The fourth-order valence-corrected chi connectivity index (χ4v) is 3.08. The van der Waals surface area contributed by atoms with Crippen molar-refractivity contribution in [2.75, 3.05) is 29.5 Å². The predicted octanol–water partition coefficient (Wildman–Crippen LogP) is 3.51. The van der Waals surface area contributed by atoms with Crippen LogP contribution in [0.2, 0.25) is 5.15 Å². The van der Waals surface area contributed by atoms with Gasteiger partial charge < -0.3 is 4.90 Å². The summed E-state index contributed by atoms with van der Waals surface area (Å²) in [6, 6.07) is 0. The van der Waals surface area contributed by atoms with E-state index >= 15 is 0 Å². The number of rotatable bonds is 2. The van der Waals surface area contributed by atoms with E-state index in [9.17, 15) is 0 Å². The Hall–Kier alpha value is -0.480. The SMILES string of the molecule is Cc1c(Cl)nc(C(C)C)nc1N1CCCSCC1. The van der Waals surface area contributed by atoms with Gasteiger partial charge in [-0.3, -0.25) is 0 Å². The van der Waals surface area contributed by atoms with E-state index in [0.717, 1.165) is 36.0 Å². The van der Waals surface area contributed by atoms with Crippen LogP contribution in [0, 0.1) is 6.92 Å². The van der Waals surface area contributed by atoms with Crippen LogP contribution in [-0.2, 0) is 0 Å². The van der Waals surface area contributed by atoms with Gasteiger partial charge in [0.15, 0.2) is 0 Å². The first kappa shape index (κ1) is 13.9. The maximum absolute atomic E-state index is 6.24. The smallest absolute Gasteiger partial charge is 0.137 e. The highest BCUT2D eigenvalue weighted by Gasteiger charge is 2.18. The number of anilines is 1. The van der Waals surface area contributed by atoms with E-state index in [-0.39, 0.29) is 0 Å². The van der Waals surface area contributed by atoms with Crippen LogP contribution in [0.5, 0.6) is 0 Å². The second-order valence-corrected chi connectivity index (χ2v) is 6.51. The molecule has 0 amide bonds. The molecule has 5 heteroatoms. The van der Waals surface area contributed by atoms with E-state index in [2.05, 4.69) is 23.7 Å². The van der Waals surface area contributed by atoms with Gasteiger partial charge in [-0.05, 0) is 19.1 Å². The van der Waals surface area contributed by atoms with Crippen molar-refractivity contribution in [3.8, 4) is 0 Å². The van der Waals surface area contributed by atoms with Crippen molar-refractivity contribution in [2.24, 2.45) is 0 Å². The number of hydrogen-bond acceptors (Lipinski definition) is 4. The lowest BCUT2D eigenvalue weighted by Gasteiger charge is -2.24. The quantitative estimate of drug-likeness (QED) is 0.778. The molecule has 1 aromatic heterocycles. The van der Waals surface area contributed by atoms with E-state index in [1.807, 2.05) is 18.7 Å². The summed E-state index contributed by atoms with van der Waals surface area (Å²) in [5, 5.41) is 0.598. The summed E-state index contributed by atoms with van der Waals surface area (Å²) >= 11 is 8.26. The molecular weight excluding hydrogens is 266 g/mol. The summed E-state index contributed by atoms with van der Waals surface area (Å²) in [7, 11) is 0. The molecule has 0 N–H and O–H groups in total. The molecule has 1 aliphatic rings. The van der Waals surface area contributed by atoms with Gasteiger partial charge in [-0.2, -0.15) is 11.8 Å². The maximum Gasteiger partial charge on any atom is 0.137 e. The lowest BCUT2D eigenvalue weighted by Crippen LogP contribution is -2.28. The van der Waals surface area contributed by atoms with Gasteiger partial charge in [-0.15, -0.1) is 0 Å². The van der Waals surface area contributed by atoms with Crippen molar-refractivity contribution in [2.45, 2.75) is 33.1 Å². The number of nitrogens with zero attached hydrogens (tertiary/aromatic N) is 3. The van der Waals surface area contributed by atoms with Gasteiger partial charge in [0.2, 0.25) is 0 Å². The van der Waals surface area contributed by atoms with Crippen molar-refractivity contribution in [1.82, 2.24) is 9.97 Å². The third kappa shape index (κ3) is 3.09. The van der Waals surface area contributed by atoms with E-state index in [4.69, 9.17) is 16.6 Å². The number of aromatic nitrogens is 2. The molecule has 2 rings (SSSR count). The van der Waals surface area contributed by atoms with Crippen LogP contribution in [-0.4, -0.2) is 34.6 Å². The molecule has 0 saturated carbocycles. The van der Waals surface area contributed by atoms with Crippen LogP contribution in [0.25, 0.3) is 0 Å². The fourth-order valence-electron chi connectivity index (χ4n) is 2.02. The topological polar surface area (TPSA) is 29.0 Å². The summed E-state index contributed by atoms with van der Waals surface area (Å²) in [5.74, 6) is 4.59. The van der Waals surface area contributed by atoms with Crippen molar-refractivity contribution >= 4 is 29.2 Å². The van der Waals surface area contributed by atoms with Crippen LogP contribution in [0.4, 0.5) is 5.82 Å². The van der Waals surface area contributed by atoms with Crippen molar-refractivity contribution in [3.05, 3.63) is 16.5 Å². The first-order chi connectivity index (χ1) is 8.59. The molecule has 100 valence electrons. The molecule has 2 heterocycles. The van der Waals surface area contributed by atoms with E-state index in [1.165, 1.54) is 12.2 Å². The third-order valence-corrected chi connectivity index (χ3v) is 4.53. The average Bonchev–Trinajstić information content (AvgIpc) is 2.61. The largest absolute Gasteiger partial charge is 0.355 e. The Bertz CT molecular complexity index is 415. The fraction of sp³-hybridized carbons (Fsp3) is 0.692. The Morgan fingerprint density at radius 1 is 1.22 bits per heavy atom. The average molecular weight is 286 g/mol. The molecule has 18 heavy (non-hydrogen) atoms. The molecule has 0 aromatic carbocycles. The molecule has 0 spiro atoms. The lowest BCUT2D eigenvalue weighted by atomic mass is 10.2. The zero-order valence-corrected chi connectivity index (χ0v) is 12.8. The van der Waals surface area contributed by atoms with Gasteiger partial charge >= 0.3 is 0 Å². The van der Waals surface area contributed by atoms with E-state index in [0.29, 0.717) is 11.1 Å². The highest BCUT2D eigenvalue weighted by molar-refractivity contribution is 7.99. The first-order valence-corrected chi connectivity index (χ1v) is 7.99. The van der Waals surface area contributed by atoms with Gasteiger partial charge in [0.05, 0.1) is 0 Å². The third-order valence-electron chi connectivity index (χ3n) is 3.12. The van der Waals surface area contributed by atoms with Gasteiger partial charge in [0, 0.05) is 30.3 Å². The zero-order valence-electron chi connectivity index (χ0n) is 11.2. The Morgan fingerprint density at radius 3 is 2.72 bits per heavy atom. The molecule has 0 aliphatic carbocycles. The normalized spacial score (nSPS) is 17.1. The monoisotopic (exact) mass is 285 g/mol. The molecular formula is C13H20ClN3S. The Morgan fingerprint density at radius 2 is 2.00 bits per heavy atom. The number of hydrogen-bond donors (Lipinski definition) is 0. The molecule has 1 saturated heterocycles. The van der Waals surface area contributed by atoms with Crippen molar-refractivity contribution < 1.29 is 0 Å². The second kappa shape index (κ2) is 6.11. The minimum absolute atomic E-state index is 0.309. The van der Waals surface area contributed by atoms with Crippen LogP contribution < -0.4 is 4.90 Å². The standard InChI is InChI=1S/C13H20ClN3S/c1-9(2)12-15-11(14)10(3)13(16-12)17-5-4-7-18-8-6-17/h9H,4-8H2,1-3H3. The van der Waals surface area contributed by atoms with Crippen LogP contribution in [0.3, 0.4) is 0 Å². The summed E-state index contributed by atoms with van der Waals surface area (Å²) in [6.07, 6.45) is 1.21. The van der Waals surface area contributed by atoms with Gasteiger partial charge in [0.25, 0.3) is 0 Å². The molecule has 1 fully saturated rings. The van der Waals surface area contributed by atoms with Gasteiger partial charge in [-0.1, -0.05) is 25.4 Å². The summed E-state index contributed by atoms with van der Waals surface area (Å²) < 4.78 is 0. The second-order valence-electron chi connectivity index (χ2n) is 4.93. The van der Waals surface area contributed by atoms with Crippen LogP contribution in [0.1, 0.15) is 37.6 Å². The molecule has 0 atom stereocenters. The Labute approximate surface area is 118 Å². The summed E-state index contributed by atoms with van der Waals surface area (Å²) in [6.45, 7) is 8.33. The number of thioether (sulfide) groups is 1. The minimum atomic E-state index is 0.309. The first-order valence-electron chi connectivity index (χ1n) is 6.46. The highest BCUT2D eigenvalue weighted by atomic mass is 35.5. The molecule has 3 nitrogen and oxygen atoms in total. The summed E-state index contributed by atoms with van der Waals surface area (Å²) in [5.41, 5.74) is 1.01. The van der Waals surface area contributed by atoms with Crippen LogP contribution >= 0.6 is 23.4 Å². The zero-order chi connectivity index (χ0) is 13.1. The minimum Gasteiger partial charge on any atom is -0.355 e. The Balaban J connectivity index is 2.35. The van der Waals surface area contributed by atoms with Crippen LogP contribution in [0.15, 0.2) is 0 Å². The molecule has 0 radical (unpaired) electrons. The van der Waals surface area contributed by atoms with Gasteiger partial charge in [-0.25, -0.2) is 9.97 Å². The highest BCUT2D eigenvalue weighted by Crippen LogP contribution is 2.27. The molecule has 1 aliphatic heterocycles. The predicted molar refractivity (Wildman–Crippen MR) is 80.0 cm³/mol. The summed E-state index contributed by atoms with van der Waals surface area (Å²) in [4.78, 5) is 11.4. The van der Waals surface area contributed by atoms with Crippen molar-refractivity contribution in [1.29, 1.82) is 0 Å². The van der Waals surface area contributed by atoms with Crippen molar-refractivity contribution in [3.63, 3.8) is 0 Å². The lowest BCUT2D eigenvalue weighted by molar-refractivity contribution is 0.742. The number of halogens is 1. The molecule has 1 aromatic rings. The van der Waals surface area contributed by atoms with E-state index < -0.39 is 0 Å². The molecule has 0 unspecified atom stereocenters. The van der Waals surface area contributed by atoms with E-state index in [1.54, 1.807) is 0 Å². The Kier molecular flexibility index (Phi) is 4.73. The maximum atomic E-state index is 6.24.